The number of thiazole rings is 1. The minimum absolute atomic E-state index is 0.136. The van der Waals surface area contributed by atoms with Gasteiger partial charge in [-0.25, -0.2) is 9.78 Å². The van der Waals surface area contributed by atoms with Gasteiger partial charge in [-0.05, 0) is 34.6 Å². The van der Waals surface area contributed by atoms with Gasteiger partial charge >= 0.3 is 13.7 Å². The summed E-state index contributed by atoms with van der Waals surface area (Å²) in [5.41, 5.74) is 0.0260. The number of hydrogen-bond acceptors (Lipinski definition) is 8. The van der Waals surface area contributed by atoms with Gasteiger partial charge in [-0.2, -0.15) is 0 Å². The summed E-state index contributed by atoms with van der Waals surface area (Å²) in [6, 6.07) is 0. The van der Waals surface area contributed by atoms with E-state index in [0.717, 1.165) is 0 Å². The molecule has 8 nitrogen and oxygen atoms in total. The lowest BCUT2D eigenvalue weighted by molar-refractivity contribution is 0.0636. The molecule has 0 radical (unpaired) electrons. The lowest BCUT2D eigenvalue weighted by Gasteiger charge is -2.18. The number of rotatable bonds is 9. The molecule has 0 saturated carbocycles. The molecule has 0 atom stereocenters. The third-order valence-corrected chi connectivity index (χ3v) is 4.92. The monoisotopic (exact) mass is 380 g/mol. The zero-order valence-corrected chi connectivity index (χ0v) is 16.4. The topological polar surface area (TPSA) is 96.0 Å². The van der Waals surface area contributed by atoms with Gasteiger partial charge in [0, 0.05) is 5.38 Å². The molecule has 0 saturated heterocycles. The minimum Gasteiger partial charge on any atom is -0.444 e. The van der Waals surface area contributed by atoms with Crippen LogP contribution in [0.1, 0.15) is 40.3 Å². The Morgan fingerprint density at radius 2 is 1.92 bits per heavy atom. The zero-order chi connectivity index (χ0) is 18.2. The van der Waals surface area contributed by atoms with E-state index in [2.05, 4.69) is 10.3 Å². The van der Waals surface area contributed by atoms with Crippen LogP contribution in [0.5, 0.6) is 0 Å². The van der Waals surface area contributed by atoms with Crippen molar-refractivity contribution < 1.29 is 27.9 Å². The fourth-order valence-electron chi connectivity index (χ4n) is 1.59. The van der Waals surface area contributed by atoms with Crippen LogP contribution in [0.4, 0.5) is 9.93 Å². The highest BCUT2D eigenvalue weighted by Crippen LogP contribution is 2.47. The second-order valence-electron chi connectivity index (χ2n) is 5.69. The van der Waals surface area contributed by atoms with Gasteiger partial charge in [0.1, 0.15) is 11.9 Å². The van der Waals surface area contributed by atoms with Crippen LogP contribution in [0.15, 0.2) is 5.38 Å². The predicted molar refractivity (Wildman–Crippen MR) is 92.5 cm³/mol. The van der Waals surface area contributed by atoms with Crippen molar-refractivity contribution in [3.63, 3.8) is 0 Å². The maximum atomic E-state index is 12.2. The maximum Gasteiger partial charge on any atom is 0.413 e. The molecule has 0 bridgehead atoms. The number of carbonyl (C=O) groups excluding carboxylic acids is 1. The van der Waals surface area contributed by atoms with E-state index in [-0.39, 0.29) is 26.2 Å². The molecule has 0 unspecified atom stereocenters. The third-order valence-electron chi connectivity index (χ3n) is 2.31. The zero-order valence-electron chi connectivity index (χ0n) is 14.7. The first-order valence-corrected chi connectivity index (χ1v) is 10.2. The first kappa shape index (κ1) is 21.1. The summed E-state index contributed by atoms with van der Waals surface area (Å²) in [6.07, 6.45) is -0.720. The van der Waals surface area contributed by atoms with Crippen LogP contribution in [0.3, 0.4) is 0 Å². The molecule has 1 heterocycles. The maximum absolute atomic E-state index is 12.2. The standard InChI is InChI=1S/C14H25N2O6PS/c1-6-20-23(18,21-7-2)10-19-8-11-9-24-12(15-11)16-13(17)22-14(3,4)5/h9H,6-8,10H2,1-5H3,(H,15,16,17). The molecule has 24 heavy (non-hydrogen) atoms. The molecular weight excluding hydrogens is 355 g/mol. The fraction of sp³-hybridized carbons (Fsp3) is 0.714. The molecular formula is C14H25N2O6PS. The number of ether oxygens (including phenoxy) is 2. The average Bonchev–Trinajstić information content (AvgIpc) is 2.84. The molecule has 1 aromatic heterocycles. The molecule has 0 fully saturated rings. The molecule has 1 aromatic rings. The van der Waals surface area contributed by atoms with Gasteiger partial charge in [-0.3, -0.25) is 9.88 Å². The summed E-state index contributed by atoms with van der Waals surface area (Å²) in [5, 5.41) is 4.69. The molecule has 1 rings (SSSR count). The number of aromatic nitrogens is 1. The van der Waals surface area contributed by atoms with E-state index in [0.29, 0.717) is 10.8 Å². The molecule has 1 amide bonds. The van der Waals surface area contributed by atoms with Crippen LogP contribution in [-0.4, -0.2) is 36.2 Å². The van der Waals surface area contributed by atoms with Gasteiger partial charge in [0.05, 0.1) is 25.5 Å². The second-order valence-corrected chi connectivity index (χ2v) is 8.55. The third kappa shape index (κ3) is 8.21. The van der Waals surface area contributed by atoms with Crippen molar-refractivity contribution in [3.8, 4) is 0 Å². The van der Waals surface area contributed by atoms with Crippen molar-refractivity contribution in [3.05, 3.63) is 11.1 Å². The van der Waals surface area contributed by atoms with Crippen molar-refractivity contribution in [2.75, 3.05) is 24.9 Å². The summed E-state index contributed by atoms with van der Waals surface area (Å²) >= 11 is 1.25. The Balaban J connectivity index is 2.47. The molecule has 1 N–H and O–H groups in total. The molecule has 138 valence electrons. The average molecular weight is 380 g/mol. The highest BCUT2D eigenvalue weighted by atomic mass is 32.1. The Morgan fingerprint density at radius 3 is 2.46 bits per heavy atom. The predicted octanol–water partition coefficient (Wildman–Crippen LogP) is 4.23. The normalized spacial score (nSPS) is 12.2. The van der Waals surface area contributed by atoms with Crippen LogP contribution >= 0.6 is 18.9 Å². The number of nitrogens with zero attached hydrogens (tertiary/aromatic N) is 1. The van der Waals surface area contributed by atoms with Crippen molar-refractivity contribution in [2.45, 2.75) is 46.8 Å². The number of amides is 1. The van der Waals surface area contributed by atoms with E-state index in [1.807, 2.05) is 0 Å². The molecule has 0 aliphatic carbocycles. The Labute approximate surface area is 146 Å². The van der Waals surface area contributed by atoms with Gasteiger partial charge in [-0.1, -0.05) is 0 Å². The van der Waals surface area contributed by atoms with Gasteiger partial charge in [0.25, 0.3) is 0 Å². The van der Waals surface area contributed by atoms with Crippen LogP contribution in [0.25, 0.3) is 0 Å². The SMILES string of the molecule is CCOP(=O)(COCc1csc(NC(=O)OC(C)(C)C)n1)OCC. The van der Waals surface area contributed by atoms with Crippen molar-refractivity contribution in [1.82, 2.24) is 4.98 Å². The molecule has 0 aliphatic rings. The van der Waals surface area contributed by atoms with Crippen molar-refractivity contribution >= 4 is 30.2 Å². The first-order valence-electron chi connectivity index (χ1n) is 7.57. The lowest BCUT2D eigenvalue weighted by atomic mass is 10.2. The Hall–Kier alpha value is -0.990. The van der Waals surface area contributed by atoms with Gasteiger partial charge in [-0.15, -0.1) is 11.3 Å². The molecule has 10 heteroatoms. The minimum atomic E-state index is -3.23. The highest BCUT2D eigenvalue weighted by Gasteiger charge is 2.24. The van der Waals surface area contributed by atoms with Gasteiger partial charge in [0.15, 0.2) is 5.13 Å². The van der Waals surface area contributed by atoms with Crippen molar-refractivity contribution in [2.24, 2.45) is 0 Å². The van der Waals surface area contributed by atoms with E-state index < -0.39 is 19.3 Å². The highest BCUT2D eigenvalue weighted by molar-refractivity contribution is 7.53. The van der Waals surface area contributed by atoms with Gasteiger partial charge in [0.2, 0.25) is 0 Å². The largest absolute Gasteiger partial charge is 0.444 e. The second kappa shape index (κ2) is 9.48. The number of carbonyl (C=O) groups is 1. The van der Waals surface area contributed by atoms with Crippen LogP contribution < -0.4 is 5.32 Å². The number of anilines is 1. The number of nitrogens with one attached hydrogen (secondary N) is 1. The summed E-state index contributed by atoms with van der Waals surface area (Å²) in [6.45, 7) is 9.51. The van der Waals surface area contributed by atoms with Gasteiger partial charge < -0.3 is 18.5 Å². The van der Waals surface area contributed by atoms with E-state index in [9.17, 15) is 9.36 Å². The first-order chi connectivity index (χ1) is 11.2. The Bertz CT molecular complexity index is 562. The lowest BCUT2D eigenvalue weighted by Crippen LogP contribution is -2.27. The van der Waals surface area contributed by atoms with E-state index >= 15 is 0 Å². The summed E-state index contributed by atoms with van der Waals surface area (Å²) in [7, 11) is -3.23. The Morgan fingerprint density at radius 1 is 1.29 bits per heavy atom. The fourth-order valence-corrected chi connectivity index (χ4v) is 3.59. The summed E-state index contributed by atoms with van der Waals surface area (Å²) < 4.78 is 33.0. The quantitative estimate of drug-likeness (QED) is 0.640. The summed E-state index contributed by atoms with van der Waals surface area (Å²) in [4.78, 5) is 15.9. The molecule has 0 spiro atoms. The van der Waals surface area contributed by atoms with E-state index in [1.54, 1.807) is 40.0 Å². The van der Waals surface area contributed by atoms with Crippen molar-refractivity contribution in [1.29, 1.82) is 0 Å². The van der Waals surface area contributed by atoms with Crippen LogP contribution in [0.2, 0.25) is 0 Å². The molecule has 0 aromatic carbocycles. The summed E-state index contributed by atoms with van der Waals surface area (Å²) in [5.74, 6) is 0. The van der Waals surface area contributed by atoms with Crippen LogP contribution in [-0.2, 0) is 29.7 Å². The van der Waals surface area contributed by atoms with E-state index in [4.69, 9.17) is 18.5 Å². The smallest absolute Gasteiger partial charge is 0.413 e. The molecule has 0 aliphatic heterocycles. The Kier molecular flexibility index (Phi) is 8.32. The van der Waals surface area contributed by atoms with E-state index in [1.165, 1.54) is 11.3 Å². The number of hydrogen-bond donors (Lipinski definition) is 1. The van der Waals surface area contributed by atoms with Crippen LogP contribution in [0, 0.1) is 0 Å².